The lowest BCUT2D eigenvalue weighted by molar-refractivity contribution is 0.103. The fourth-order valence-electron chi connectivity index (χ4n) is 17.3. The Kier molecular flexibility index (Phi) is 20.1. The normalized spacial score (nSPS) is 14.9. The Bertz CT molecular complexity index is 5300. The minimum atomic E-state index is -0.806. The first-order chi connectivity index (χ1) is 52.1. The number of rotatable bonds is 26. The number of fused-ring (bicyclic) bond motifs is 15. The lowest BCUT2D eigenvalue weighted by Gasteiger charge is -2.34. The van der Waals surface area contributed by atoms with Gasteiger partial charge < -0.3 is 0 Å². The summed E-state index contributed by atoms with van der Waals surface area (Å²) in [5, 5.41) is 41.7. The predicted molar refractivity (Wildman–Crippen MR) is 446 cm³/mol. The smallest absolute Gasteiger partial charge is 0.194 e. The van der Waals surface area contributed by atoms with E-state index in [1.165, 1.54) is 182 Å². The highest BCUT2D eigenvalue weighted by Gasteiger charge is 2.56. The molecule has 12 aromatic rings. The molecule has 0 amide bonds. The molecule has 6 nitrogen and oxygen atoms in total. The van der Waals surface area contributed by atoms with E-state index in [2.05, 4.69) is 161 Å². The van der Waals surface area contributed by atoms with Crippen molar-refractivity contribution in [1.29, 1.82) is 21.0 Å². The number of allylic oxidation sites excluding steroid dienone is 6. The molecule has 0 spiro atoms. The summed E-state index contributed by atoms with van der Waals surface area (Å²) in [6, 6.07) is 66.5. The van der Waals surface area contributed by atoms with Crippen LogP contribution in [0.4, 0.5) is 0 Å². The molecule has 0 bridgehead atoms. The van der Waals surface area contributed by atoms with E-state index in [4.69, 9.17) is 0 Å². The van der Waals surface area contributed by atoms with Crippen LogP contribution in [0.1, 0.15) is 239 Å². The van der Waals surface area contributed by atoms with E-state index < -0.39 is 10.8 Å². The van der Waals surface area contributed by atoms with Crippen molar-refractivity contribution in [1.82, 2.24) is 0 Å². The number of hydrogen-bond donors (Lipinski definition) is 0. The van der Waals surface area contributed by atoms with Gasteiger partial charge in [0, 0.05) is 74.8 Å². The zero-order valence-electron chi connectivity index (χ0n) is 60.4. The van der Waals surface area contributed by atoms with E-state index in [0.717, 1.165) is 70.5 Å². The van der Waals surface area contributed by atoms with Crippen LogP contribution in [0.2, 0.25) is 0 Å². The quantitative estimate of drug-likeness (QED) is 0.0302. The average molecular weight is 1490 g/mol. The molecule has 0 atom stereocenters. The Morgan fingerprint density at radius 3 is 0.915 bits per heavy atom. The fourth-order valence-corrected chi connectivity index (χ4v) is 26.1. The van der Waals surface area contributed by atoms with Crippen LogP contribution in [0, 0.1) is 45.3 Å². The molecule has 16 rings (SSSR count). The molecule has 0 N–H and O–H groups in total. The largest absolute Gasteiger partial charge is 0.289 e. The van der Waals surface area contributed by atoms with Gasteiger partial charge in [0.25, 0.3) is 0 Å². The highest BCUT2D eigenvalue weighted by molar-refractivity contribution is 7.37. The predicted octanol–water partition coefficient (Wildman–Crippen LogP) is 26.9. The molecule has 0 aliphatic heterocycles. The number of hydrogen-bond acceptors (Lipinski definition) is 12. The van der Waals surface area contributed by atoms with Crippen molar-refractivity contribution in [3.63, 3.8) is 0 Å². The lowest BCUT2D eigenvalue weighted by Crippen LogP contribution is -2.29. The molecule has 0 radical (unpaired) electrons. The van der Waals surface area contributed by atoms with Crippen molar-refractivity contribution < 1.29 is 9.59 Å². The maximum atomic E-state index is 14.6. The molecule has 106 heavy (non-hydrogen) atoms. The van der Waals surface area contributed by atoms with E-state index in [9.17, 15) is 30.6 Å². The van der Waals surface area contributed by atoms with Crippen molar-refractivity contribution >= 4 is 131 Å². The topological polar surface area (TPSA) is 129 Å². The number of ketones is 2. The lowest BCUT2D eigenvalue weighted by atomic mass is 9.67. The summed E-state index contributed by atoms with van der Waals surface area (Å²) >= 11 is 11.0. The summed E-state index contributed by atoms with van der Waals surface area (Å²) in [7, 11) is 0. The highest BCUT2D eigenvalue weighted by Crippen LogP contribution is 2.72. The van der Waals surface area contributed by atoms with Crippen LogP contribution in [-0.2, 0) is 36.5 Å². The van der Waals surface area contributed by atoms with Gasteiger partial charge in [0.1, 0.15) is 35.4 Å². The first-order valence-electron chi connectivity index (χ1n) is 38.0. The van der Waals surface area contributed by atoms with Gasteiger partial charge in [0.2, 0.25) is 0 Å². The first kappa shape index (κ1) is 70.8. The number of carbonyl (C=O) groups excluding carboxylic acids is 2. The second kappa shape index (κ2) is 30.1. The zero-order valence-corrected chi connectivity index (χ0v) is 65.3. The molecule has 12 heteroatoms. The van der Waals surface area contributed by atoms with E-state index >= 15 is 0 Å². The second-order valence-corrected chi connectivity index (χ2v) is 35.2. The standard InChI is InChI=1S/C94H80N4O2S6/c1-5-9-13-17-25-57-33-41-63(42-34-57)93(64-43-35-58(36-44-64)26-18-14-10-6-2)79-85-75(51-67(101-85)49-73-77(61(53-95)54-96)69-29-21-23-31-71(69)83(73)99)103-87(79)89-81(93)91-92(105-89)82-90(106-91)88-80(86-76(104-88)52-68(102-86)50-74-78(62(55-97)56-98)70-30-22-24-32-72(70)84(74)100)94(82,65-45-37-59(38-46-65)27-19-15-11-7-3)66-47-39-60(40-48-66)28-20-16-12-8-4/h21-24,29-52H,5-20,25-28H2,1-4H3/b73-49+,74-50?. The van der Waals surface area contributed by atoms with Gasteiger partial charge in [-0.1, -0.05) is 250 Å². The Morgan fingerprint density at radius 2 is 0.623 bits per heavy atom. The summed E-state index contributed by atoms with van der Waals surface area (Å²) in [4.78, 5) is 36.1. The SMILES string of the molecule is CCCCCCc1ccc(C2(c3ccc(CCCCCC)cc3)c3c(sc4cc(C=C5C(=O)c6ccccc6C5=C(C#N)C#N)sc34)-c3sc4c5c(sc4c32)-c2sc3cc(/C=C4/C(=O)c6ccccc6C4=C(C#N)C#N)sc3c2C5(c2ccc(CCCCCC)cc2)c2ccc(CCCCCC)cc2)cc1. The zero-order chi connectivity index (χ0) is 72.8. The van der Waals surface area contributed by atoms with Crippen LogP contribution in [0.15, 0.2) is 180 Å². The van der Waals surface area contributed by atoms with Gasteiger partial charge in [-0.15, -0.1) is 68.0 Å². The number of aryl methyl sites for hydroxylation is 4. The molecule has 0 saturated carbocycles. The van der Waals surface area contributed by atoms with Crippen molar-refractivity contribution in [3.8, 4) is 43.8 Å². The van der Waals surface area contributed by atoms with Crippen LogP contribution >= 0.6 is 68.0 Å². The number of nitrogens with zero attached hydrogens (tertiary/aromatic N) is 4. The van der Waals surface area contributed by atoms with Crippen LogP contribution in [-0.4, -0.2) is 11.6 Å². The summed E-state index contributed by atoms with van der Waals surface area (Å²) in [5.41, 5.74) is 17.4. The van der Waals surface area contributed by atoms with Crippen LogP contribution < -0.4 is 0 Å². The van der Waals surface area contributed by atoms with E-state index in [0.29, 0.717) is 44.5 Å². The Labute approximate surface area is 645 Å². The van der Waals surface area contributed by atoms with Crippen LogP contribution in [0.5, 0.6) is 0 Å². The molecule has 4 aliphatic carbocycles. The highest BCUT2D eigenvalue weighted by atomic mass is 32.1. The molecule has 4 aliphatic rings. The van der Waals surface area contributed by atoms with E-state index in [-0.39, 0.29) is 22.7 Å². The van der Waals surface area contributed by atoms with Gasteiger partial charge in [-0.05, 0) is 131 Å². The molecule has 0 fully saturated rings. The summed E-state index contributed by atoms with van der Waals surface area (Å²) in [5.74, 6) is -0.372. The molecule has 524 valence electrons. The van der Waals surface area contributed by atoms with Gasteiger partial charge >= 0.3 is 0 Å². The molecule has 0 unspecified atom stereocenters. The van der Waals surface area contributed by atoms with Gasteiger partial charge in [0.15, 0.2) is 11.6 Å². The molecule has 6 aromatic heterocycles. The van der Waals surface area contributed by atoms with Crippen LogP contribution in [0.25, 0.3) is 71.0 Å². The van der Waals surface area contributed by atoms with Crippen LogP contribution in [0.3, 0.4) is 0 Å². The van der Waals surface area contributed by atoms with Crippen molar-refractivity contribution in [2.45, 2.75) is 167 Å². The van der Waals surface area contributed by atoms with E-state index in [1.54, 1.807) is 34.8 Å². The number of unbranched alkanes of at least 4 members (excludes halogenated alkanes) is 12. The number of benzene rings is 6. The molecular weight excluding hydrogens is 1410 g/mol. The second-order valence-electron chi connectivity index (χ2n) is 28.9. The summed E-state index contributed by atoms with van der Waals surface area (Å²) < 4.78 is 7.17. The third-order valence-electron chi connectivity index (χ3n) is 22.5. The van der Waals surface area contributed by atoms with Gasteiger partial charge in [-0.25, -0.2) is 0 Å². The molecule has 6 heterocycles. The van der Waals surface area contributed by atoms with Gasteiger partial charge in [0.05, 0.1) is 49.1 Å². The fraction of sp³-hybridized carbons (Fsp3) is 0.277. The molecule has 0 saturated heterocycles. The average Bonchev–Trinajstić information content (AvgIpc) is 1.48. The van der Waals surface area contributed by atoms with E-state index in [1.807, 2.05) is 93.9 Å². The monoisotopic (exact) mass is 1490 g/mol. The first-order valence-corrected chi connectivity index (χ1v) is 42.9. The third kappa shape index (κ3) is 11.8. The maximum absolute atomic E-state index is 14.6. The number of nitriles is 4. The summed E-state index contributed by atoms with van der Waals surface area (Å²) in [6.45, 7) is 9.09. The minimum absolute atomic E-state index is 0.0733. The Balaban J connectivity index is 0.970. The Morgan fingerprint density at radius 1 is 0.340 bits per heavy atom. The summed E-state index contributed by atoms with van der Waals surface area (Å²) in [6.07, 6.45) is 26.8. The van der Waals surface area contributed by atoms with Crippen molar-refractivity contribution in [3.05, 3.63) is 279 Å². The molecular formula is C94H80N4O2S6. The number of carbonyl (C=O) groups is 2. The number of thiophene rings is 6. The van der Waals surface area contributed by atoms with Gasteiger partial charge in [-0.2, -0.15) is 21.0 Å². The van der Waals surface area contributed by atoms with Crippen molar-refractivity contribution in [2.75, 3.05) is 0 Å². The number of Topliss-reactive ketones (excluding diaryl/α,β-unsaturated/α-hetero) is 2. The van der Waals surface area contributed by atoms with Gasteiger partial charge in [-0.3, -0.25) is 9.59 Å². The molecule has 6 aromatic carbocycles. The Hall–Kier alpha value is -9.44. The van der Waals surface area contributed by atoms with Crippen molar-refractivity contribution in [2.24, 2.45) is 0 Å². The minimum Gasteiger partial charge on any atom is -0.289 e. The third-order valence-corrected chi connectivity index (χ3v) is 30.1. The maximum Gasteiger partial charge on any atom is 0.194 e.